The van der Waals surface area contributed by atoms with Crippen LogP contribution in [0.25, 0.3) is 5.69 Å². The second-order valence-electron chi connectivity index (χ2n) is 5.85. The van der Waals surface area contributed by atoms with Gasteiger partial charge >= 0.3 is 6.18 Å². The maximum absolute atomic E-state index is 13.7. The molecule has 0 aliphatic carbocycles. The van der Waals surface area contributed by atoms with Crippen LogP contribution in [0.1, 0.15) is 32.1 Å². The van der Waals surface area contributed by atoms with Crippen LogP contribution < -0.4 is 5.32 Å². The molecule has 0 aliphatic heterocycles. The van der Waals surface area contributed by atoms with E-state index in [0.29, 0.717) is 15.3 Å². The van der Waals surface area contributed by atoms with Crippen LogP contribution in [0, 0.1) is 25.2 Å². The van der Waals surface area contributed by atoms with Crippen molar-refractivity contribution >= 4 is 33.8 Å². The number of aryl methyl sites for hydroxylation is 1. The maximum Gasteiger partial charge on any atom is 0.434 e. The third kappa shape index (κ3) is 3.61. The fraction of sp³-hybridized carbons (Fsp3) is 0.167. The molecule has 0 saturated carbocycles. The molecule has 0 aliphatic rings. The highest BCUT2D eigenvalue weighted by atomic mass is 35.5. The third-order valence-corrected chi connectivity index (χ3v) is 5.45. The van der Waals surface area contributed by atoms with E-state index in [0.717, 1.165) is 22.4 Å². The molecule has 0 saturated heterocycles. The number of benzene rings is 1. The van der Waals surface area contributed by atoms with Crippen LogP contribution in [0.4, 0.5) is 18.2 Å². The first-order valence-electron chi connectivity index (χ1n) is 7.86. The second-order valence-corrected chi connectivity index (χ2v) is 7.51. The first-order chi connectivity index (χ1) is 13.1. The van der Waals surface area contributed by atoms with Gasteiger partial charge < -0.3 is 5.32 Å². The van der Waals surface area contributed by atoms with Gasteiger partial charge in [-0.15, -0.1) is 11.3 Å². The van der Waals surface area contributed by atoms with Crippen molar-refractivity contribution in [3.63, 3.8) is 0 Å². The maximum atomic E-state index is 13.7. The molecule has 5 nitrogen and oxygen atoms in total. The van der Waals surface area contributed by atoms with Gasteiger partial charge in [0.15, 0.2) is 5.69 Å². The highest BCUT2D eigenvalue weighted by molar-refractivity contribution is 7.16. The van der Waals surface area contributed by atoms with Crippen LogP contribution in [0.15, 0.2) is 30.5 Å². The van der Waals surface area contributed by atoms with Gasteiger partial charge in [-0.3, -0.25) is 4.79 Å². The number of nitriles is 1. The van der Waals surface area contributed by atoms with E-state index in [1.807, 2.05) is 6.07 Å². The van der Waals surface area contributed by atoms with Crippen LogP contribution in [0.3, 0.4) is 0 Å². The zero-order chi connectivity index (χ0) is 20.6. The van der Waals surface area contributed by atoms with Crippen molar-refractivity contribution in [2.24, 2.45) is 0 Å². The van der Waals surface area contributed by atoms with Crippen molar-refractivity contribution in [2.45, 2.75) is 20.0 Å². The Morgan fingerprint density at radius 1 is 1.29 bits per heavy atom. The van der Waals surface area contributed by atoms with Gasteiger partial charge in [-0.1, -0.05) is 11.6 Å². The molecule has 144 valence electrons. The Balaban J connectivity index is 2.05. The summed E-state index contributed by atoms with van der Waals surface area (Å²) in [4.78, 5) is 13.4. The van der Waals surface area contributed by atoms with Gasteiger partial charge in [0.25, 0.3) is 5.91 Å². The lowest BCUT2D eigenvalue weighted by molar-refractivity contribution is -0.143. The molecular formula is C18H12ClF3N4OS. The zero-order valence-electron chi connectivity index (χ0n) is 14.6. The van der Waals surface area contributed by atoms with Crippen molar-refractivity contribution < 1.29 is 18.0 Å². The summed E-state index contributed by atoms with van der Waals surface area (Å²) in [5, 5.41) is 16.0. The van der Waals surface area contributed by atoms with Crippen molar-refractivity contribution in [1.82, 2.24) is 9.78 Å². The number of nitrogens with one attached hydrogen (secondary N) is 1. The van der Waals surface area contributed by atoms with Gasteiger partial charge in [0.1, 0.15) is 11.1 Å². The summed E-state index contributed by atoms with van der Waals surface area (Å²) in [7, 11) is 0. The molecule has 0 atom stereocenters. The average molecular weight is 425 g/mol. The summed E-state index contributed by atoms with van der Waals surface area (Å²) in [5.74, 6) is -0.995. The Morgan fingerprint density at radius 3 is 2.50 bits per heavy atom. The minimum atomic E-state index is -4.83. The number of amides is 1. The largest absolute Gasteiger partial charge is 0.434 e. The predicted octanol–water partition coefficient (Wildman–Crippen LogP) is 5.35. The summed E-state index contributed by atoms with van der Waals surface area (Å²) in [5.41, 5.74) is -0.840. The van der Waals surface area contributed by atoms with Crippen LogP contribution in [0.5, 0.6) is 0 Å². The molecule has 0 spiro atoms. The Labute approximate surface area is 167 Å². The molecule has 10 heteroatoms. The summed E-state index contributed by atoms with van der Waals surface area (Å²) in [6, 6.07) is 7.55. The number of aromatic nitrogens is 2. The SMILES string of the molecule is Cc1sc(NC(=O)c2cnn(-c3ccc(Cl)cc3)c2C(F)(F)F)c(C#N)c1C. The topological polar surface area (TPSA) is 70.7 Å². The van der Waals surface area contributed by atoms with Crippen molar-refractivity contribution in [3.8, 4) is 11.8 Å². The number of carbonyl (C=O) groups excluding carboxylic acids is 1. The fourth-order valence-electron chi connectivity index (χ4n) is 2.59. The van der Waals surface area contributed by atoms with E-state index >= 15 is 0 Å². The number of nitrogens with zero attached hydrogens (tertiary/aromatic N) is 3. The zero-order valence-corrected chi connectivity index (χ0v) is 16.1. The van der Waals surface area contributed by atoms with Crippen LogP contribution in [-0.4, -0.2) is 15.7 Å². The van der Waals surface area contributed by atoms with Gasteiger partial charge in [-0.2, -0.15) is 23.5 Å². The molecule has 3 aromatic rings. The van der Waals surface area contributed by atoms with Gasteiger partial charge in [-0.25, -0.2) is 4.68 Å². The Bertz CT molecular complexity index is 1090. The van der Waals surface area contributed by atoms with E-state index in [9.17, 15) is 23.2 Å². The summed E-state index contributed by atoms with van der Waals surface area (Å²) in [6.45, 7) is 3.47. The number of hydrogen-bond donors (Lipinski definition) is 1. The third-order valence-electron chi connectivity index (χ3n) is 4.08. The van der Waals surface area contributed by atoms with E-state index in [2.05, 4.69) is 10.4 Å². The lowest BCUT2D eigenvalue weighted by atomic mass is 10.1. The number of alkyl halides is 3. The number of halogens is 4. The van der Waals surface area contributed by atoms with Crippen molar-refractivity contribution in [3.05, 3.63) is 62.7 Å². The quantitative estimate of drug-likeness (QED) is 0.616. The Morgan fingerprint density at radius 2 is 1.93 bits per heavy atom. The van der Waals surface area contributed by atoms with E-state index in [-0.39, 0.29) is 16.3 Å². The lowest BCUT2D eigenvalue weighted by Crippen LogP contribution is -2.20. The molecule has 28 heavy (non-hydrogen) atoms. The predicted molar refractivity (Wildman–Crippen MR) is 100 cm³/mol. The van der Waals surface area contributed by atoms with Crippen LogP contribution in [0.2, 0.25) is 5.02 Å². The van der Waals surface area contributed by atoms with E-state index in [4.69, 9.17) is 11.6 Å². The molecule has 2 aromatic heterocycles. The molecule has 0 fully saturated rings. The van der Waals surface area contributed by atoms with E-state index < -0.39 is 23.3 Å². The molecular weight excluding hydrogens is 413 g/mol. The molecule has 0 radical (unpaired) electrons. The average Bonchev–Trinajstić information content (AvgIpc) is 3.18. The van der Waals surface area contributed by atoms with Gasteiger partial charge in [-0.05, 0) is 43.7 Å². The minimum Gasteiger partial charge on any atom is -0.312 e. The standard InChI is InChI=1S/C18H12ClF3N4OS/c1-9-10(2)28-17(13(9)7-23)25-16(27)14-8-24-26(15(14)18(20,21)22)12-5-3-11(19)4-6-12/h3-6,8H,1-2H3,(H,25,27). The van der Waals surface area contributed by atoms with Gasteiger partial charge in [0, 0.05) is 9.90 Å². The van der Waals surface area contributed by atoms with Crippen LogP contribution >= 0.6 is 22.9 Å². The fourth-order valence-corrected chi connectivity index (χ4v) is 3.72. The highest BCUT2D eigenvalue weighted by Gasteiger charge is 2.40. The lowest BCUT2D eigenvalue weighted by Gasteiger charge is -2.12. The van der Waals surface area contributed by atoms with E-state index in [1.165, 1.54) is 24.3 Å². The normalized spacial score (nSPS) is 11.3. The molecule has 0 unspecified atom stereocenters. The van der Waals surface area contributed by atoms with Crippen LogP contribution in [-0.2, 0) is 6.18 Å². The molecule has 1 aromatic carbocycles. The monoisotopic (exact) mass is 424 g/mol. The number of rotatable bonds is 3. The molecule has 0 bridgehead atoms. The highest BCUT2D eigenvalue weighted by Crippen LogP contribution is 2.36. The number of carbonyl (C=O) groups is 1. The first-order valence-corrected chi connectivity index (χ1v) is 9.05. The van der Waals surface area contributed by atoms with Crippen molar-refractivity contribution in [1.29, 1.82) is 5.26 Å². The van der Waals surface area contributed by atoms with Gasteiger partial charge in [0.2, 0.25) is 0 Å². The smallest absolute Gasteiger partial charge is 0.312 e. The van der Waals surface area contributed by atoms with Gasteiger partial charge in [0.05, 0.1) is 23.0 Å². The summed E-state index contributed by atoms with van der Waals surface area (Å²) >= 11 is 6.91. The summed E-state index contributed by atoms with van der Waals surface area (Å²) < 4.78 is 41.8. The second kappa shape index (κ2) is 7.30. The van der Waals surface area contributed by atoms with E-state index in [1.54, 1.807) is 13.8 Å². The molecule has 2 heterocycles. The number of anilines is 1. The first kappa shape index (κ1) is 19.9. The number of hydrogen-bond acceptors (Lipinski definition) is 4. The Hall–Kier alpha value is -2.83. The number of thiophene rings is 1. The van der Waals surface area contributed by atoms with Crippen molar-refractivity contribution in [2.75, 3.05) is 5.32 Å². The minimum absolute atomic E-state index is 0.108. The summed E-state index contributed by atoms with van der Waals surface area (Å²) in [6.07, 6.45) is -3.98. The Kier molecular flexibility index (Phi) is 5.19. The molecule has 3 rings (SSSR count). The molecule has 1 N–H and O–H groups in total. The molecule has 1 amide bonds.